The van der Waals surface area contributed by atoms with Gasteiger partial charge in [-0.25, -0.2) is 9.97 Å². The van der Waals surface area contributed by atoms with Gasteiger partial charge in [-0.15, -0.1) is 0 Å². The van der Waals surface area contributed by atoms with E-state index in [0.717, 1.165) is 31.0 Å². The molecule has 1 aliphatic rings. The Morgan fingerprint density at radius 2 is 2.24 bits per heavy atom. The van der Waals surface area contributed by atoms with E-state index in [1.165, 1.54) is 0 Å². The van der Waals surface area contributed by atoms with Crippen LogP contribution in [0, 0.1) is 0 Å². The van der Waals surface area contributed by atoms with Gasteiger partial charge in [0.1, 0.15) is 11.5 Å². The third-order valence-corrected chi connectivity index (χ3v) is 4.43. The normalized spacial score (nSPS) is 17.4. The molecule has 0 aliphatic carbocycles. The predicted octanol–water partition coefficient (Wildman–Crippen LogP) is 2.00. The second kappa shape index (κ2) is 7.23. The topological polar surface area (TPSA) is 72.3 Å². The molecule has 3 heterocycles. The summed E-state index contributed by atoms with van der Waals surface area (Å²) in [6.07, 6.45) is 3.58. The van der Waals surface area contributed by atoms with Gasteiger partial charge in [-0.05, 0) is 26.8 Å². The minimum Gasteiger partial charge on any atom is -0.481 e. The van der Waals surface area contributed by atoms with Gasteiger partial charge in [-0.3, -0.25) is 9.69 Å². The lowest BCUT2D eigenvalue weighted by Gasteiger charge is -2.33. The summed E-state index contributed by atoms with van der Waals surface area (Å²) in [5.74, 6) is 1.45. The molecule has 1 aliphatic heterocycles. The van der Waals surface area contributed by atoms with E-state index in [9.17, 15) is 4.79 Å². The SMILES string of the molecule is COc1ncccc1CN1CCn2cc(C(=O)NC(C)C)nc2[C@H]1C. The van der Waals surface area contributed by atoms with Crippen molar-refractivity contribution >= 4 is 5.91 Å². The van der Waals surface area contributed by atoms with Crippen molar-refractivity contribution in [3.05, 3.63) is 41.6 Å². The molecule has 7 heteroatoms. The van der Waals surface area contributed by atoms with Crippen molar-refractivity contribution < 1.29 is 9.53 Å². The molecule has 0 saturated heterocycles. The molecular weight excluding hydrogens is 318 g/mol. The number of imidazole rings is 1. The number of nitrogens with zero attached hydrogens (tertiary/aromatic N) is 4. The first kappa shape index (κ1) is 17.4. The van der Waals surface area contributed by atoms with Crippen LogP contribution >= 0.6 is 0 Å². The number of hydrogen-bond donors (Lipinski definition) is 1. The van der Waals surface area contributed by atoms with Gasteiger partial charge in [0.2, 0.25) is 5.88 Å². The van der Waals surface area contributed by atoms with Crippen molar-refractivity contribution in [2.45, 2.75) is 45.9 Å². The summed E-state index contributed by atoms with van der Waals surface area (Å²) in [5, 5.41) is 2.90. The highest BCUT2D eigenvalue weighted by Crippen LogP contribution is 2.28. The lowest BCUT2D eigenvalue weighted by atomic mass is 10.1. The Hall–Kier alpha value is -2.41. The molecule has 134 valence electrons. The number of amides is 1. The maximum atomic E-state index is 12.2. The molecule has 25 heavy (non-hydrogen) atoms. The highest BCUT2D eigenvalue weighted by Gasteiger charge is 2.28. The number of pyridine rings is 1. The van der Waals surface area contributed by atoms with Gasteiger partial charge in [-0.1, -0.05) is 6.07 Å². The van der Waals surface area contributed by atoms with E-state index in [2.05, 4.69) is 31.7 Å². The third kappa shape index (κ3) is 3.66. The molecule has 0 unspecified atom stereocenters. The number of rotatable bonds is 5. The van der Waals surface area contributed by atoms with Crippen molar-refractivity contribution in [1.82, 2.24) is 24.8 Å². The smallest absolute Gasteiger partial charge is 0.271 e. The Balaban J connectivity index is 1.78. The zero-order chi connectivity index (χ0) is 18.0. The van der Waals surface area contributed by atoms with Crippen molar-refractivity contribution in [2.24, 2.45) is 0 Å². The summed E-state index contributed by atoms with van der Waals surface area (Å²) in [7, 11) is 1.64. The van der Waals surface area contributed by atoms with Crippen LogP contribution in [0.3, 0.4) is 0 Å². The monoisotopic (exact) mass is 343 g/mol. The Labute approximate surface area is 148 Å². The molecule has 0 aromatic carbocycles. The molecule has 1 atom stereocenters. The number of fused-ring (bicyclic) bond motifs is 1. The first-order valence-corrected chi connectivity index (χ1v) is 8.59. The lowest BCUT2D eigenvalue weighted by Crippen LogP contribution is -2.36. The largest absolute Gasteiger partial charge is 0.481 e. The van der Waals surface area contributed by atoms with E-state index in [1.807, 2.05) is 32.2 Å². The summed E-state index contributed by atoms with van der Waals surface area (Å²) in [6.45, 7) is 8.43. The van der Waals surface area contributed by atoms with Crippen LogP contribution in [0.15, 0.2) is 24.5 Å². The van der Waals surface area contributed by atoms with Crippen LogP contribution in [0.1, 0.15) is 48.7 Å². The maximum absolute atomic E-state index is 12.2. The van der Waals surface area contributed by atoms with Crippen LogP contribution in [0.25, 0.3) is 0 Å². The highest BCUT2D eigenvalue weighted by atomic mass is 16.5. The number of aromatic nitrogens is 3. The molecular formula is C18H25N5O2. The predicted molar refractivity (Wildman–Crippen MR) is 94.4 cm³/mol. The van der Waals surface area contributed by atoms with Gasteiger partial charge in [0, 0.05) is 43.6 Å². The second-order valence-corrected chi connectivity index (χ2v) is 6.62. The van der Waals surface area contributed by atoms with E-state index in [0.29, 0.717) is 11.6 Å². The van der Waals surface area contributed by atoms with Crippen LogP contribution in [0.2, 0.25) is 0 Å². The first-order chi connectivity index (χ1) is 12.0. The molecule has 0 bridgehead atoms. The van der Waals surface area contributed by atoms with Crippen LogP contribution in [-0.2, 0) is 13.1 Å². The molecule has 3 rings (SSSR count). The third-order valence-electron chi connectivity index (χ3n) is 4.43. The maximum Gasteiger partial charge on any atom is 0.271 e. The van der Waals surface area contributed by atoms with Crippen LogP contribution < -0.4 is 10.1 Å². The molecule has 1 amide bonds. The highest BCUT2D eigenvalue weighted by molar-refractivity contribution is 5.92. The molecule has 0 saturated carbocycles. The standard InChI is InChI=1S/C18H25N5O2/c1-12(2)20-17(24)15-11-23-9-8-22(13(3)16(23)21-15)10-14-6-5-7-19-18(14)25-4/h5-7,11-13H,8-10H2,1-4H3,(H,20,24)/t13-/m1/s1. The molecule has 0 fully saturated rings. The molecule has 1 N–H and O–H groups in total. The van der Waals surface area contributed by atoms with Crippen molar-refractivity contribution in [1.29, 1.82) is 0 Å². The summed E-state index contributed by atoms with van der Waals surface area (Å²) in [5.41, 5.74) is 1.53. The number of hydrogen-bond acceptors (Lipinski definition) is 5. The fourth-order valence-electron chi connectivity index (χ4n) is 3.14. The Morgan fingerprint density at radius 3 is 2.96 bits per heavy atom. The number of methoxy groups -OCH3 is 1. The van der Waals surface area contributed by atoms with Crippen LogP contribution in [0.4, 0.5) is 0 Å². The van der Waals surface area contributed by atoms with E-state index >= 15 is 0 Å². The molecule has 0 spiro atoms. The minimum atomic E-state index is -0.121. The van der Waals surface area contributed by atoms with Gasteiger partial charge in [0.25, 0.3) is 5.91 Å². The van der Waals surface area contributed by atoms with Gasteiger partial charge in [0.05, 0.1) is 13.2 Å². The lowest BCUT2D eigenvalue weighted by molar-refractivity contribution is 0.0938. The molecule has 2 aromatic heterocycles. The van der Waals surface area contributed by atoms with Crippen LogP contribution in [-0.4, -0.2) is 45.0 Å². The van der Waals surface area contributed by atoms with Gasteiger partial charge in [0.15, 0.2) is 0 Å². The zero-order valence-electron chi connectivity index (χ0n) is 15.2. The fourth-order valence-corrected chi connectivity index (χ4v) is 3.14. The number of carbonyl (C=O) groups is 1. The van der Waals surface area contributed by atoms with E-state index < -0.39 is 0 Å². The van der Waals surface area contributed by atoms with Crippen molar-refractivity contribution in [3.8, 4) is 5.88 Å². The van der Waals surface area contributed by atoms with Gasteiger partial charge < -0.3 is 14.6 Å². The molecule has 7 nitrogen and oxygen atoms in total. The average molecular weight is 343 g/mol. The van der Waals surface area contributed by atoms with Crippen molar-refractivity contribution in [2.75, 3.05) is 13.7 Å². The van der Waals surface area contributed by atoms with Gasteiger partial charge >= 0.3 is 0 Å². The molecule has 0 radical (unpaired) electrons. The number of ether oxygens (including phenoxy) is 1. The van der Waals surface area contributed by atoms with Crippen molar-refractivity contribution in [3.63, 3.8) is 0 Å². The number of carbonyl (C=O) groups excluding carboxylic acids is 1. The average Bonchev–Trinajstić information content (AvgIpc) is 3.02. The second-order valence-electron chi connectivity index (χ2n) is 6.62. The quantitative estimate of drug-likeness (QED) is 0.899. The first-order valence-electron chi connectivity index (χ1n) is 8.59. The van der Waals surface area contributed by atoms with E-state index in [1.54, 1.807) is 13.3 Å². The summed E-state index contributed by atoms with van der Waals surface area (Å²) in [6, 6.07) is 4.15. The Morgan fingerprint density at radius 1 is 1.44 bits per heavy atom. The summed E-state index contributed by atoms with van der Waals surface area (Å²) in [4.78, 5) is 23.4. The zero-order valence-corrected chi connectivity index (χ0v) is 15.2. The number of nitrogens with one attached hydrogen (secondary N) is 1. The van der Waals surface area contributed by atoms with E-state index in [-0.39, 0.29) is 18.0 Å². The summed E-state index contributed by atoms with van der Waals surface area (Å²) < 4.78 is 7.43. The van der Waals surface area contributed by atoms with Crippen LogP contribution in [0.5, 0.6) is 5.88 Å². The van der Waals surface area contributed by atoms with Gasteiger partial charge in [-0.2, -0.15) is 0 Å². The fraction of sp³-hybridized carbons (Fsp3) is 0.500. The Kier molecular flexibility index (Phi) is 5.03. The minimum absolute atomic E-state index is 0.0956. The molecule has 2 aromatic rings. The van der Waals surface area contributed by atoms with E-state index in [4.69, 9.17) is 4.74 Å². The Bertz CT molecular complexity index is 756. The summed E-state index contributed by atoms with van der Waals surface area (Å²) >= 11 is 0.